The van der Waals surface area contributed by atoms with E-state index in [9.17, 15) is 13.2 Å². The molecule has 0 aliphatic carbocycles. The van der Waals surface area contributed by atoms with Gasteiger partial charge in [0.25, 0.3) is 5.91 Å². The minimum absolute atomic E-state index is 0.0448. The molecule has 0 saturated carbocycles. The maximum atomic E-state index is 13.0. The van der Waals surface area contributed by atoms with Crippen molar-refractivity contribution in [2.75, 3.05) is 26.2 Å². The largest absolute Gasteiger partial charge is 0.337 e. The highest BCUT2D eigenvalue weighted by atomic mass is 32.2. The van der Waals surface area contributed by atoms with E-state index in [4.69, 9.17) is 0 Å². The molecule has 2 aromatic carbocycles. The molecular formula is C24H33N3O3S. The number of sulfonamides is 1. The van der Waals surface area contributed by atoms with Crippen molar-refractivity contribution in [1.29, 1.82) is 0 Å². The topological polar surface area (TPSA) is 69.7 Å². The molecule has 1 unspecified atom stereocenters. The van der Waals surface area contributed by atoms with Gasteiger partial charge in [0, 0.05) is 44.3 Å². The van der Waals surface area contributed by atoms with Crippen LogP contribution in [0.4, 0.5) is 0 Å². The molecule has 168 valence electrons. The predicted molar refractivity (Wildman–Crippen MR) is 123 cm³/mol. The van der Waals surface area contributed by atoms with Gasteiger partial charge in [-0.25, -0.2) is 13.1 Å². The first-order valence-corrected chi connectivity index (χ1v) is 12.5. The Morgan fingerprint density at radius 2 is 1.74 bits per heavy atom. The summed E-state index contributed by atoms with van der Waals surface area (Å²) in [6, 6.07) is 14.5. The van der Waals surface area contributed by atoms with Crippen molar-refractivity contribution >= 4 is 15.9 Å². The number of amides is 1. The molecule has 0 bridgehead atoms. The molecule has 0 aromatic heterocycles. The number of nitrogens with zero attached hydrogens (tertiary/aromatic N) is 2. The molecule has 1 heterocycles. The molecule has 2 aromatic rings. The predicted octanol–water partition coefficient (Wildman–Crippen LogP) is 3.42. The van der Waals surface area contributed by atoms with E-state index in [-0.39, 0.29) is 16.8 Å². The highest BCUT2D eigenvalue weighted by Crippen LogP contribution is 2.16. The number of carbonyl (C=O) groups is 1. The standard InChI is InChI=1S/C24H33N3O3S/c1-4-20(3)25-31(29,30)23-12-10-21(11-13-23)24(28)27-15-7-14-26(16-17-27)18-22-9-6-5-8-19(22)2/h5-6,8-13,20,25H,4,7,14-18H2,1-3H3. The first-order valence-electron chi connectivity index (χ1n) is 11.0. The van der Waals surface area contributed by atoms with Crippen LogP contribution in [0.2, 0.25) is 0 Å². The van der Waals surface area contributed by atoms with Gasteiger partial charge in [-0.05, 0) is 62.1 Å². The molecule has 0 spiro atoms. The third-order valence-electron chi connectivity index (χ3n) is 5.91. The number of aryl methyl sites for hydroxylation is 1. The van der Waals surface area contributed by atoms with Gasteiger partial charge in [0.05, 0.1) is 4.90 Å². The third kappa shape index (κ3) is 6.15. The van der Waals surface area contributed by atoms with Gasteiger partial charge in [-0.3, -0.25) is 9.69 Å². The Labute approximate surface area is 186 Å². The molecular weight excluding hydrogens is 410 g/mol. The molecule has 31 heavy (non-hydrogen) atoms. The smallest absolute Gasteiger partial charge is 0.253 e. The Morgan fingerprint density at radius 1 is 1.03 bits per heavy atom. The van der Waals surface area contributed by atoms with E-state index >= 15 is 0 Å². The van der Waals surface area contributed by atoms with Crippen molar-refractivity contribution in [3.63, 3.8) is 0 Å². The summed E-state index contributed by atoms with van der Waals surface area (Å²) in [7, 11) is -3.57. The van der Waals surface area contributed by atoms with Crippen molar-refractivity contribution in [2.24, 2.45) is 0 Å². The fourth-order valence-corrected chi connectivity index (χ4v) is 5.06. The molecule has 1 aliphatic rings. The average molecular weight is 444 g/mol. The minimum atomic E-state index is -3.57. The second-order valence-electron chi connectivity index (χ2n) is 8.30. The van der Waals surface area contributed by atoms with Crippen LogP contribution in [0.3, 0.4) is 0 Å². The van der Waals surface area contributed by atoms with Crippen LogP contribution < -0.4 is 4.72 Å². The van der Waals surface area contributed by atoms with Gasteiger partial charge >= 0.3 is 0 Å². The Morgan fingerprint density at radius 3 is 2.42 bits per heavy atom. The van der Waals surface area contributed by atoms with Gasteiger partial charge in [-0.1, -0.05) is 31.2 Å². The highest BCUT2D eigenvalue weighted by Gasteiger charge is 2.22. The van der Waals surface area contributed by atoms with E-state index < -0.39 is 10.0 Å². The summed E-state index contributed by atoms with van der Waals surface area (Å²) in [5.74, 6) is -0.0448. The van der Waals surface area contributed by atoms with Crippen LogP contribution in [-0.4, -0.2) is 56.3 Å². The van der Waals surface area contributed by atoms with Crippen molar-refractivity contribution < 1.29 is 13.2 Å². The normalized spacial score (nSPS) is 16.7. The van der Waals surface area contributed by atoms with E-state index in [1.165, 1.54) is 23.3 Å². The second kappa shape index (κ2) is 10.4. The Kier molecular flexibility index (Phi) is 7.86. The van der Waals surface area contributed by atoms with Crippen LogP contribution in [0.25, 0.3) is 0 Å². The highest BCUT2D eigenvalue weighted by molar-refractivity contribution is 7.89. The third-order valence-corrected chi connectivity index (χ3v) is 7.52. The zero-order valence-corrected chi connectivity index (χ0v) is 19.5. The summed E-state index contributed by atoms with van der Waals surface area (Å²) in [4.78, 5) is 17.5. The number of benzene rings is 2. The summed E-state index contributed by atoms with van der Waals surface area (Å²) in [6.45, 7) is 9.94. The van der Waals surface area contributed by atoms with Crippen molar-refractivity contribution in [1.82, 2.24) is 14.5 Å². The molecule has 1 saturated heterocycles. The van der Waals surface area contributed by atoms with Crippen LogP contribution in [0, 0.1) is 6.92 Å². The summed E-state index contributed by atoms with van der Waals surface area (Å²) < 4.78 is 27.5. The lowest BCUT2D eigenvalue weighted by atomic mass is 10.1. The van der Waals surface area contributed by atoms with Gasteiger partial charge in [0.1, 0.15) is 0 Å². The van der Waals surface area contributed by atoms with E-state index in [0.29, 0.717) is 25.1 Å². The van der Waals surface area contributed by atoms with Crippen LogP contribution in [0.1, 0.15) is 48.2 Å². The van der Waals surface area contributed by atoms with E-state index in [2.05, 4.69) is 40.8 Å². The Balaban J connectivity index is 1.62. The van der Waals surface area contributed by atoms with Crippen molar-refractivity contribution in [3.8, 4) is 0 Å². The maximum absolute atomic E-state index is 13.0. The molecule has 1 N–H and O–H groups in total. The Hall–Kier alpha value is -2.22. The van der Waals surface area contributed by atoms with Crippen molar-refractivity contribution in [2.45, 2.75) is 51.1 Å². The fraction of sp³-hybridized carbons (Fsp3) is 0.458. The summed E-state index contributed by atoms with van der Waals surface area (Å²) >= 11 is 0. The van der Waals surface area contributed by atoms with Gasteiger partial charge in [-0.2, -0.15) is 0 Å². The van der Waals surface area contributed by atoms with Crippen LogP contribution in [0.5, 0.6) is 0 Å². The molecule has 0 radical (unpaired) electrons. The minimum Gasteiger partial charge on any atom is -0.337 e. The van der Waals surface area contributed by atoms with Crippen LogP contribution >= 0.6 is 0 Å². The lowest BCUT2D eigenvalue weighted by molar-refractivity contribution is 0.0761. The zero-order valence-electron chi connectivity index (χ0n) is 18.7. The molecule has 1 fully saturated rings. The van der Waals surface area contributed by atoms with Gasteiger partial charge < -0.3 is 4.90 Å². The lowest BCUT2D eigenvalue weighted by Crippen LogP contribution is -2.35. The molecule has 1 amide bonds. The van der Waals surface area contributed by atoms with E-state index in [1.54, 1.807) is 12.1 Å². The average Bonchev–Trinajstić information content (AvgIpc) is 3.00. The van der Waals surface area contributed by atoms with E-state index in [0.717, 1.165) is 26.1 Å². The van der Waals surface area contributed by atoms with Crippen LogP contribution in [-0.2, 0) is 16.6 Å². The first-order chi connectivity index (χ1) is 14.8. The number of rotatable bonds is 7. The lowest BCUT2D eigenvalue weighted by Gasteiger charge is -2.23. The maximum Gasteiger partial charge on any atom is 0.253 e. The molecule has 6 nitrogen and oxygen atoms in total. The van der Waals surface area contributed by atoms with Crippen LogP contribution in [0.15, 0.2) is 53.4 Å². The summed E-state index contributed by atoms with van der Waals surface area (Å²) in [5, 5.41) is 0. The van der Waals surface area contributed by atoms with E-state index in [1.807, 2.05) is 18.7 Å². The zero-order chi connectivity index (χ0) is 22.4. The number of hydrogen-bond donors (Lipinski definition) is 1. The molecule has 1 aliphatic heterocycles. The number of nitrogens with one attached hydrogen (secondary N) is 1. The number of carbonyl (C=O) groups excluding carboxylic acids is 1. The quantitative estimate of drug-likeness (QED) is 0.712. The fourth-order valence-electron chi connectivity index (χ4n) is 3.74. The molecule has 3 rings (SSSR count). The summed E-state index contributed by atoms with van der Waals surface area (Å²) in [6.07, 6.45) is 1.63. The van der Waals surface area contributed by atoms with Gasteiger partial charge in [0.15, 0.2) is 0 Å². The summed E-state index contributed by atoms with van der Waals surface area (Å²) in [5.41, 5.74) is 3.14. The van der Waals surface area contributed by atoms with Crippen molar-refractivity contribution in [3.05, 3.63) is 65.2 Å². The second-order valence-corrected chi connectivity index (χ2v) is 10.0. The molecule has 1 atom stereocenters. The van der Waals surface area contributed by atoms with Gasteiger partial charge in [0.2, 0.25) is 10.0 Å². The number of hydrogen-bond acceptors (Lipinski definition) is 4. The SMILES string of the molecule is CCC(C)NS(=O)(=O)c1ccc(C(=O)N2CCCN(Cc3ccccc3C)CC2)cc1. The monoisotopic (exact) mass is 443 g/mol. The molecule has 7 heteroatoms. The first kappa shape index (κ1) is 23.4. The van der Waals surface area contributed by atoms with Gasteiger partial charge in [-0.15, -0.1) is 0 Å². The Bertz CT molecular complexity index is 989.